The van der Waals surface area contributed by atoms with E-state index < -0.39 is 0 Å². The number of carbonyl (C=O) groups excluding carboxylic acids is 1. The van der Waals surface area contributed by atoms with Gasteiger partial charge < -0.3 is 11.1 Å². The summed E-state index contributed by atoms with van der Waals surface area (Å²) in [6, 6.07) is 0. The topological polar surface area (TPSA) is 55.1 Å². The first-order valence-electron chi connectivity index (χ1n) is 6.70. The first kappa shape index (κ1) is 14.8. The minimum Gasteiger partial charge on any atom is -0.355 e. The fraction of sp³-hybridized carbons (Fsp3) is 0.923. The molecule has 0 aromatic carbocycles. The molecule has 1 amide bonds. The molecule has 4 heteroatoms. The van der Waals surface area contributed by atoms with Gasteiger partial charge in [-0.15, -0.1) is 0 Å². The van der Waals surface area contributed by atoms with Crippen LogP contribution in [0, 0.1) is 11.8 Å². The smallest absolute Gasteiger partial charge is 0.220 e. The molecule has 0 aliphatic carbocycles. The number of thioether (sulfide) groups is 1. The van der Waals surface area contributed by atoms with Crippen molar-refractivity contribution in [3.8, 4) is 0 Å². The summed E-state index contributed by atoms with van der Waals surface area (Å²) < 4.78 is 0. The summed E-state index contributed by atoms with van der Waals surface area (Å²) in [4.78, 5) is 11.8. The maximum absolute atomic E-state index is 11.8. The Morgan fingerprint density at radius 2 is 2.29 bits per heavy atom. The lowest BCUT2D eigenvalue weighted by atomic mass is 9.94. The van der Waals surface area contributed by atoms with Gasteiger partial charge in [-0.25, -0.2) is 0 Å². The van der Waals surface area contributed by atoms with E-state index in [-0.39, 0.29) is 5.91 Å². The largest absolute Gasteiger partial charge is 0.355 e. The van der Waals surface area contributed by atoms with Crippen molar-refractivity contribution >= 4 is 17.7 Å². The monoisotopic (exact) mass is 258 g/mol. The van der Waals surface area contributed by atoms with Crippen LogP contribution in [0.1, 0.15) is 39.5 Å². The summed E-state index contributed by atoms with van der Waals surface area (Å²) >= 11 is 1.98. The maximum Gasteiger partial charge on any atom is 0.220 e. The van der Waals surface area contributed by atoms with Crippen LogP contribution in [0.15, 0.2) is 0 Å². The van der Waals surface area contributed by atoms with Crippen molar-refractivity contribution in [1.29, 1.82) is 0 Å². The Morgan fingerprint density at radius 3 is 2.82 bits per heavy atom. The van der Waals surface area contributed by atoms with E-state index in [1.807, 2.05) is 11.8 Å². The molecule has 0 bridgehead atoms. The number of amides is 1. The molecule has 0 radical (unpaired) electrons. The summed E-state index contributed by atoms with van der Waals surface area (Å²) in [7, 11) is 0. The highest BCUT2D eigenvalue weighted by Crippen LogP contribution is 2.25. The molecule has 2 unspecified atom stereocenters. The summed E-state index contributed by atoms with van der Waals surface area (Å²) in [5.41, 5.74) is 5.70. The van der Waals surface area contributed by atoms with E-state index in [9.17, 15) is 4.79 Å². The van der Waals surface area contributed by atoms with E-state index in [1.165, 1.54) is 18.6 Å². The van der Waals surface area contributed by atoms with Gasteiger partial charge in [0.15, 0.2) is 0 Å². The SMILES string of the molecule is CC(C)CC(CN)CC(=O)NCC1CCCS1. The third-order valence-electron chi connectivity index (χ3n) is 3.16. The van der Waals surface area contributed by atoms with E-state index in [4.69, 9.17) is 5.73 Å². The maximum atomic E-state index is 11.8. The second-order valence-electron chi connectivity index (χ2n) is 5.37. The molecule has 1 saturated heterocycles. The third-order valence-corrected chi connectivity index (χ3v) is 4.56. The van der Waals surface area contributed by atoms with Crippen molar-refractivity contribution in [2.75, 3.05) is 18.8 Å². The first-order valence-corrected chi connectivity index (χ1v) is 7.75. The van der Waals surface area contributed by atoms with E-state index in [0.717, 1.165) is 13.0 Å². The predicted octanol–water partition coefficient (Wildman–Crippen LogP) is 2.01. The van der Waals surface area contributed by atoms with Crippen LogP contribution in [-0.4, -0.2) is 30.0 Å². The average molecular weight is 258 g/mol. The zero-order chi connectivity index (χ0) is 12.7. The van der Waals surface area contributed by atoms with E-state index in [2.05, 4.69) is 19.2 Å². The van der Waals surface area contributed by atoms with Gasteiger partial charge in [-0.3, -0.25) is 4.79 Å². The third kappa shape index (κ3) is 6.32. The van der Waals surface area contributed by atoms with Crippen LogP contribution >= 0.6 is 11.8 Å². The molecule has 1 heterocycles. The van der Waals surface area contributed by atoms with Crippen molar-refractivity contribution in [2.24, 2.45) is 17.6 Å². The summed E-state index contributed by atoms with van der Waals surface area (Å²) in [6.07, 6.45) is 4.18. The van der Waals surface area contributed by atoms with E-state index in [0.29, 0.717) is 30.1 Å². The minimum absolute atomic E-state index is 0.175. The van der Waals surface area contributed by atoms with Crippen molar-refractivity contribution < 1.29 is 4.79 Å². The van der Waals surface area contributed by atoms with E-state index >= 15 is 0 Å². The van der Waals surface area contributed by atoms with Crippen molar-refractivity contribution in [3.05, 3.63) is 0 Å². The molecule has 1 aliphatic rings. The Morgan fingerprint density at radius 1 is 1.53 bits per heavy atom. The van der Waals surface area contributed by atoms with Gasteiger partial charge in [-0.2, -0.15) is 11.8 Å². The van der Waals surface area contributed by atoms with Gasteiger partial charge in [-0.1, -0.05) is 13.8 Å². The molecule has 1 fully saturated rings. The number of hydrogen-bond acceptors (Lipinski definition) is 3. The number of nitrogens with two attached hydrogens (primary N) is 1. The van der Waals surface area contributed by atoms with Crippen molar-refractivity contribution in [3.63, 3.8) is 0 Å². The standard InChI is InChI=1S/C13H26N2OS/c1-10(2)6-11(8-14)7-13(16)15-9-12-4-3-5-17-12/h10-12H,3-9,14H2,1-2H3,(H,15,16). The van der Waals surface area contributed by atoms with Gasteiger partial charge in [0.05, 0.1) is 0 Å². The molecule has 1 aliphatic heterocycles. The van der Waals surface area contributed by atoms with Crippen LogP contribution in [0.25, 0.3) is 0 Å². The molecule has 0 aromatic rings. The minimum atomic E-state index is 0.175. The highest BCUT2D eigenvalue weighted by Gasteiger charge is 2.18. The molecule has 1 rings (SSSR count). The molecule has 3 N–H and O–H groups in total. The molecule has 0 spiro atoms. The van der Waals surface area contributed by atoms with Gasteiger partial charge in [0.1, 0.15) is 0 Å². The van der Waals surface area contributed by atoms with Crippen molar-refractivity contribution in [2.45, 2.75) is 44.8 Å². The molecule has 2 atom stereocenters. The van der Waals surface area contributed by atoms with Crippen LogP contribution in [0.5, 0.6) is 0 Å². The zero-order valence-corrected chi connectivity index (χ0v) is 11.9. The molecule has 17 heavy (non-hydrogen) atoms. The Kier molecular flexibility index (Phi) is 6.97. The Balaban J connectivity index is 2.17. The normalized spacial score (nSPS) is 21.8. The van der Waals surface area contributed by atoms with Crippen LogP contribution in [-0.2, 0) is 4.79 Å². The van der Waals surface area contributed by atoms with Gasteiger partial charge in [0.2, 0.25) is 5.91 Å². The fourth-order valence-corrected chi connectivity index (χ4v) is 3.50. The van der Waals surface area contributed by atoms with Crippen LogP contribution < -0.4 is 11.1 Å². The number of rotatable bonds is 7. The average Bonchev–Trinajstić information content (AvgIpc) is 2.77. The highest BCUT2D eigenvalue weighted by atomic mass is 32.2. The summed E-state index contributed by atoms with van der Waals surface area (Å²) in [6.45, 7) is 5.80. The molecular weight excluding hydrogens is 232 g/mol. The van der Waals surface area contributed by atoms with Gasteiger partial charge in [0.25, 0.3) is 0 Å². The lowest BCUT2D eigenvalue weighted by Gasteiger charge is -2.17. The molecule has 0 aromatic heterocycles. The van der Waals surface area contributed by atoms with Gasteiger partial charge in [-0.05, 0) is 43.4 Å². The quantitative estimate of drug-likeness (QED) is 0.734. The van der Waals surface area contributed by atoms with Crippen LogP contribution in [0.4, 0.5) is 0 Å². The molecule has 100 valence electrons. The van der Waals surface area contributed by atoms with Crippen LogP contribution in [0.3, 0.4) is 0 Å². The number of carbonyl (C=O) groups is 1. The predicted molar refractivity (Wildman–Crippen MR) is 75.1 cm³/mol. The first-order chi connectivity index (χ1) is 8.11. The Bertz CT molecular complexity index is 227. The Hall–Kier alpha value is -0.220. The van der Waals surface area contributed by atoms with Gasteiger partial charge in [0, 0.05) is 18.2 Å². The Labute approximate surface area is 109 Å². The molecule has 3 nitrogen and oxygen atoms in total. The van der Waals surface area contributed by atoms with E-state index in [1.54, 1.807) is 0 Å². The van der Waals surface area contributed by atoms with Crippen LogP contribution in [0.2, 0.25) is 0 Å². The lowest BCUT2D eigenvalue weighted by Crippen LogP contribution is -2.32. The lowest BCUT2D eigenvalue weighted by molar-refractivity contribution is -0.122. The second-order valence-corrected chi connectivity index (χ2v) is 6.78. The fourth-order valence-electron chi connectivity index (χ4n) is 2.30. The molecular formula is C13H26N2OS. The van der Waals surface area contributed by atoms with Gasteiger partial charge >= 0.3 is 0 Å². The number of nitrogens with one attached hydrogen (secondary N) is 1. The summed E-state index contributed by atoms with van der Waals surface area (Å²) in [5.74, 6) is 2.38. The summed E-state index contributed by atoms with van der Waals surface area (Å²) in [5, 5.41) is 3.69. The zero-order valence-electron chi connectivity index (χ0n) is 11.1. The highest BCUT2D eigenvalue weighted by molar-refractivity contribution is 8.00. The second kappa shape index (κ2) is 7.98. The molecule has 0 saturated carbocycles. The number of hydrogen-bond donors (Lipinski definition) is 2. The van der Waals surface area contributed by atoms with Crippen molar-refractivity contribution in [1.82, 2.24) is 5.32 Å².